The summed E-state index contributed by atoms with van der Waals surface area (Å²) in [5.74, 6) is 0.463. The van der Waals surface area contributed by atoms with Crippen molar-refractivity contribution in [3.05, 3.63) is 28.8 Å². The van der Waals surface area contributed by atoms with Crippen LogP contribution in [0.15, 0.2) is 18.2 Å². The number of nitrogens with one attached hydrogen (secondary N) is 1. The molecular formula is C13H17ClN2O2S. The van der Waals surface area contributed by atoms with E-state index in [-0.39, 0.29) is 30.0 Å². The summed E-state index contributed by atoms with van der Waals surface area (Å²) in [5.41, 5.74) is 6.18. The summed E-state index contributed by atoms with van der Waals surface area (Å²) in [6.07, 6.45) is 0.283. The van der Waals surface area contributed by atoms with Crippen LogP contribution in [0.2, 0.25) is 5.02 Å². The van der Waals surface area contributed by atoms with Gasteiger partial charge in [-0.15, -0.1) is 0 Å². The van der Waals surface area contributed by atoms with Crippen LogP contribution in [0.5, 0.6) is 5.75 Å². The highest BCUT2D eigenvalue weighted by Gasteiger charge is 2.07. The Hall–Kier alpha value is -1.33. The van der Waals surface area contributed by atoms with Gasteiger partial charge in [-0.25, -0.2) is 0 Å². The van der Waals surface area contributed by atoms with Crippen LogP contribution < -0.4 is 15.8 Å². The van der Waals surface area contributed by atoms with Crippen molar-refractivity contribution in [1.29, 1.82) is 0 Å². The molecule has 19 heavy (non-hydrogen) atoms. The largest absolute Gasteiger partial charge is 0.491 e. The van der Waals surface area contributed by atoms with Crippen molar-refractivity contribution in [2.45, 2.75) is 26.3 Å². The Labute approximate surface area is 123 Å². The lowest BCUT2D eigenvalue weighted by Gasteiger charge is -2.10. The SMILES string of the molecule is CC(C)NC(=O)CCOc1ccc(C(N)=S)cc1Cl. The maximum absolute atomic E-state index is 11.4. The molecular weight excluding hydrogens is 284 g/mol. The first-order chi connectivity index (χ1) is 8.90. The topological polar surface area (TPSA) is 64.3 Å². The normalized spacial score (nSPS) is 10.3. The molecule has 1 rings (SSSR count). The second-order valence-electron chi connectivity index (χ2n) is 4.33. The van der Waals surface area contributed by atoms with Crippen LogP contribution in [-0.2, 0) is 4.79 Å². The summed E-state index contributed by atoms with van der Waals surface area (Å²) >= 11 is 10.9. The van der Waals surface area contributed by atoms with Gasteiger partial charge < -0.3 is 15.8 Å². The fourth-order valence-electron chi connectivity index (χ4n) is 1.42. The van der Waals surface area contributed by atoms with Crippen molar-refractivity contribution in [1.82, 2.24) is 5.32 Å². The molecule has 0 bridgehead atoms. The van der Waals surface area contributed by atoms with Crippen LogP contribution in [0.4, 0.5) is 0 Å². The molecule has 1 aromatic carbocycles. The molecule has 0 saturated carbocycles. The molecule has 4 nitrogen and oxygen atoms in total. The fraction of sp³-hybridized carbons (Fsp3) is 0.385. The molecule has 0 aliphatic carbocycles. The lowest BCUT2D eigenvalue weighted by Crippen LogP contribution is -2.31. The zero-order chi connectivity index (χ0) is 14.4. The summed E-state index contributed by atoms with van der Waals surface area (Å²) < 4.78 is 5.45. The van der Waals surface area contributed by atoms with E-state index < -0.39 is 0 Å². The Bertz CT molecular complexity index is 478. The number of hydrogen-bond donors (Lipinski definition) is 2. The van der Waals surface area contributed by atoms with Crippen molar-refractivity contribution in [3.63, 3.8) is 0 Å². The number of halogens is 1. The van der Waals surface area contributed by atoms with Gasteiger partial charge in [0.2, 0.25) is 5.91 Å². The number of carbonyl (C=O) groups excluding carboxylic acids is 1. The summed E-state index contributed by atoms with van der Waals surface area (Å²) in [5, 5.41) is 3.21. The van der Waals surface area contributed by atoms with Crippen LogP contribution in [0.3, 0.4) is 0 Å². The molecule has 0 aliphatic rings. The van der Waals surface area contributed by atoms with Crippen LogP contribution in [0, 0.1) is 0 Å². The van der Waals surface area contributed by atoms with Crippen molar-refractivity contribution in [2.75, 3.05) is 6.61 Å². The van der Waals surface area contributed by atoms with Gasteiger partial charge in [0.25, 0.3) is 0 Å². The van der Waals surface area contributed by atoms with Gasteiger partial charge in [0, 0.05) is 11.6 Å². The average molecular weight is 301 g/mol. The number of ether oxygens (including phenoxy) is 1. The van der Waals surface area contributed by atoms with E-state index >= 15 is 0 Å². The quantitative estimate of drug-likeness (QED) is 0.791. The number of hydrogen-bond acceptors (Lipinski definition) is 3. The van der Waals surface area contributed by atoms with Gasteiger partial charge in [-0.3, -0.25) is 4.79 Å². The molecule has 0 fully saturated rings. The van der Waals surface area contributed by atoms with Crippen LogP contribution in [0.25, 0.3) is 0 Å². The lowest BCUT2D eigenvalue weighted by molar-refractivity contribution is -0.122. The lowest BCUT2D eigenvalue weighted by atomic mass is 10.2. The van der Waals surface area contributed by atoms with Crippen molar-refractivity contribution in [2.24, 2.45) is 5.73 Å². The van der Waals surface area contributed by atoms with Gasteiger partial charge >= 0.3 is 0 Å². The van der Waals surface area contributed by atoms with Crippen LogP contribution >= 0.6 is 23.8 Å². The number of amides is 1. The molecule has 0 heterocycles. The summed E-state index contributed by atoms with van der Waals surface area (Å²) in [6.45, 7) is 4.08. The van der Waals surface area contributed by atoms with E-state index in [1.807, 2.05) is 13.8 Å². The molecule has 0 atom stereocenters. The van der Waals surface area contributed by atoms with E-state index in [2.05, 4.69) is 5.32 Å². The Morgan fingerprint density at radius 1 is 1.53 bits per heavy atom. The third-order valence-corrected chi connectivity index (χ3v) is 2.78. The van der Waals surface area contributed by atoms with E-state index in [9.17, 15) is 4.79 Å². The highest BCUT2D eigenvalue weighted by atomic mass is 35.5. The third kappa shape index (κ3) is 5.44. The van der Waals surface area contributed by atoms with E-state index in [1.165, 1.54) is 0 Å². The van der Waals surface area contributed by atoms with E-state index in [4.69, 9.17) is 34.3 Å². The minimum absolute atomic E-state index is 0.0501. The predicted molar refractivity (Wildman–Crippen MR) is 80.7 cm³/mol. The second-order valence-corrected chi connectivity index (χ2v) is 5.18. The maximum Gasteiger partial charge on any atom is 0.223 e. The first-order valence-corrected chi connectivity index (χ1v) is 6.70. The monoisotopic (exact) mass is 300 g/mol. The van der Waals surface area contributed by atoms with Gasteiger partial charge in [-0.2, -0.15) is 0 Å². The molecule has 1 amide bonds. The zero-order valence-electron chi connectivity index (χ0n) is 10.9. The Balaban J connectivity index is 2.50. The zero-order valence-corrected chi connectivity index (χ0v) is 12.5. The van der Waals surface area contributed by atoms with Gasteiger partial charge in [0.05, 0.1) is 18.1 Å². The van der Waals surface area contributed by atoms with Gasteiger partial charge in [-0.1, -0.05) is 23.8 Å². The fourth-order valence-corrected chi connectivity index (χ4v) is 1.78. The molecule has 0 aliphatic heterocycles. The van der Waals surface area contributed by atoms with Gasteiger partial charge in [0.1, 0.15) is 10.7 Å². The van der Waals surface area contributed by atoms with Crippen molar-refractivity contribution >= 4 is 34.7 Å². The van der Waals surface area contributed by atoms with E-state index in [0.717, 1.165) is 0 Å². The standard InChI is InChI=1S/C13H17ClN2O2S/c1-8(2)16-12(17)5-6-18-11-4-3-9(13(15)19)7-10(11)14/h3-4,7-8H,5-6H2,1-2H3,(H2,15,19)(H,16,17). The molecule has 0 aromatic heterocycles. The number of nitrogens with two attached hydrogens (primary N) is 1. The summed E-state index contributed by atoms with van der Waals surface area (Å²) in [6, 6.07) is 5.20. The second kappa shape index (κ2) is 7.31. The first-order valence-electron chi connectivity index (χ1n) is 5.91. The number of rotatable bonds is 6. The first kappa shape index (κ1) is 15.7. The van der Waals surface area contributed by atoms with E-state index in [1.54, 1.807) is 18.2 Å². The average Bonchev–Trinajstić information content (AvgIpc) is 2.29. The number of thiocarbonyl (C=S) groups is 1. The van der Waals surface area contributed by atoms with Gasteiger partial charge in [0.15, 0.2) is 0 Å². The van der Waals surface area contributed by atoms with Crippen LogP contribution in [-0.4, -0.2) is 23.5 Å². The molecule has 0 unspecified atom stereocenters. The van der Waals surface area contributed by atoms with Crippen molar-refractivity contribution < 1.29 is 9.53 Å². The van der Waals surface area contributed by atoms with Gasteiger partial charge in [-0.05, 0) is 32.0 Å². The minimum atomic E-state index is -0.0501. The highest BCUT2D eigenvalue weighted by Crippen LogP contribution is 2.25. The highest BCUT2D eigenvalue weighted by molar-refractivity contribution is 7.80. The Kier molecular flexibility index (Phi) is 6.05. The molecule has 3 N–H and O–H groups in total. The van der Waals surface area contributed by atoms with E-state index in [0.29, 0.717) is 16.3 Å². The molecule has 0 radical (unpaired) electrons. The molecule has 104 valence electrons. The summed E-state index contributed by atoms with van der Waals surface area (Å²) in [4.78, 5) is 11.7. The third-order valence-electron chi connectivity index (χ3n) is 2.25. The Morgan fingerprint density at radius 3 is 2.74 bits per heavy atom. The smallest absolute Gasteiger partial charge is 0.223 e. The molecule has 0 spiro atoms. The number of benzene rings is 1. The number of carbonyl (C=O) groups is 1. The summed E-state index contributed by atoms with van der Waals surface area (Å²) in [7, 11) is 0. The Morgan fingerprint density at radius 2 is 2.21 bits per heavy atom. The maximum atomic E-state index is 11.4. The molecule has 1 aromatic rings. The minimum Gasteiger partial charge on any atom is -0.491 e. The molecule has 0 saturated heterocycles. The molecule has 6 heteroatoms. The van der Waals surface area contributed by atoms with Crippen molar-refractivity contribution in [3.8, 4) is 5.75 Å². The predicted octanol–water partition coefficient (Wildman–Crippen LogP) is 2.27. The van der Waals surface area contributed by atoms with Crippen LogP contribution in [0.1, 0.15) is 25.8 Å².